The second kappa shape index (κ2) is 4.10. The normalized spacial score (nSPS) is 34.6. The molecule has 74 valence electrons. The van der Waals surface area contributed by atoms with Gasteiger partial charge in [-0.15, -0.1) is 6.58 Å². The van der Waals surface area contributed by atoms with Gasteiger partial charge >= 0.3 is 0 Å². The maximum Gasteiger partial charge on any atom is 0.0437 e. The highest BCUT2D eigenvalue weighted by Gasteiger charge is 2.35. The highest BCUT2D eigenvalue weighted by atomic mass is 16.3. The molecule has 0 unspecified atom stereocenters. The minimum absolute atomic E-state index is 0.165. The molecule has 0 aromatic rings. The number of hydrogen-bond acceptors (Lipinski definition) is 1. The molecule has 0 radical (unpaired) electrons. The van der Waals surface area contributed by atoms with Crippen LogP contribution in [0.4, 0.5) is 0 Å². The second-order valence-electron chi connectivity index (χ2n) is 4.29. The fraction of sp³-hybridized carbons (Fsp3) is 0.667. The third kappa shape index (κ3) is 2.02. The van der Waals surface area contributed by atoms with Crippen molar-refractivity contribution in [2.75, 3.05) is 6.61 Å². The maximum absolute atomic E-state index is 8.99. The monoisotopic (exact) mass is 180 g/mol. The van der Waals surface area contributed by atoms with E-state index in [4.69, 9.17) is 5.11 Å². The van der Waals surface area contributed by atoms with Gasteiger partial charge in [0.25, 0.3) is 0 Å². The smallest absolute Gasteiger partial charge is 0.0437 e. The summed E-state index contributed by atoms with van der Waals surface area (Å²) < 4.78 is 0. The van der Waals surface area contributed by atoms with E-state index in [2.05, 4.69) is 20.1 Å². The van der Waals surface area contributed by atoms with Gasteiger partial charge in [0, 0.05) is 6.61 Å². The third-order valence-electron chi connectivity index (χ3n) is 3.39. The summed E-state index contributed by atoms with van der Waals surface area (Å²) >= 11 is 0. The molecule has 0 saturated heterocycles. The van der Waals surface area contributed by atoms with Gasteiger partial charge in [0.1, 0.15) is 0 Å². The molecule has 2 atom stereocenters. The third-order valence-corrected chi connectivity index (χ3v) is 3.39. The minimum Gasteiger partial charge on any atom is -0.396 e. The lowest BCUT2D eigenvalue weighted by atomic mass is 9.64. The molecule has 1 aliphatic carbocycles. The molecule has 1 rings (SSSR count). The first kappa shape index (κ1) is 10.5. The zero-order chi connectivity index (χ0) is 9.90. The van der Waals surface area contributed by atoms with Crippen LogP contribution in [-0.2, 0) is 0 Å². The predicted molar refractivity (Wildman–Crippen MR) is 56.5 cm³/mol. The molecule has 0 bridgehead atoms. The number of rotatable bonds is 3. The molecule has 1 heteroatoms. The Kier molecular flexibility index (Phi) is 3.32. The summed E-state index contributed by atoms with van der Waals surface area (Å²) in [5.41, 5.74) is 1.46. The Hall–Kier alpha value is -0.560. The predicted octanol–water partition coefficient (Wildman–Crippen LogP) is 2.92. The molecule has 0 spiro atoms. The molecular formula is C12H20O. The molecule has 0 heterocycles. The van der Waals surface area contributed by atoms with Crippen molar-refractivity contribution in [3.05, 3.63) is 24.8 Å². The first-order valence-electron chi connectivity index (χ1n) is 5.06. The number of aliphatic hydroxyl groups excluding tert-OH is 1. The van der Waals surface area contributed by atoms with Crippen molar-refractivity contribution >= 4 is 0 Å². The van der Waals surface area contributed by atoms with Gasteiger partial charge in [-0.2, -0.15) is 0 Å². The van der Waals surface area contributed by atoms with E-state index in [1.54, 1.807) is 0 Å². The summed E-state index contributed by atoms with van der Waals surface area (Å²) in [4.78, 5) is 0. The molecule has 0 amide bonds. The van der Waals surface area contributed by atoms with E-state index in [9.17, 15) is 0 Å². The fourth-order valence-electron chi connectivity index (χ4n) is 2.42. The summed E-state index contributed by atoms with van der Waals surface area (Å²) in [7, 11) is 0. The van der Waals surface area contributed by atoms with Crippen molar-refractivity contribution in [1.82, 2.24) is 0 Å². The van der Waals surface area contributed by atoms with E-state index in [1.165, 1.54) is 18.4 Å². The topological polar surface area (TPSA) is 20.2 Å². The molecule has 1 nitrogen and oxygen atoms in total. The summed E-state index contributed by atoms with van der Waals surface area (Å²) in [5.74, 6) is 0.434. The lowest BCUT2D eigenvalue weighted by molar-refractivity contribution is 0.175. The largest absolute Gasteiger partial charge is 0.396 e. The lowest BCUT2D eigenvalue weighted by Crippen LogP contribution is -2.31. The Morgan fingerprint density at radius 2 is 2.38 bits per heavy atom. The Bertz CT molecular complexity index is 207. The van der Waals surface area contributed by atoms with E-state index in [1.807, 2.05) is 6.08 Å². The summed E-state index contributed by atoms with van der Waals surface area (Å²) in [6.07, 6.45) is 6.39. The highest BCUT2D eigenvalue weighted by Crippen LogP contribution is 2.45. The average molecular weight is 180 g/mol. The van der Waals surface area contributed by atoms with Crippen LogP contribution in [0, 0.1) is 11.3 Å². The first-order valence-corrected chi connectivity index (χ1v) is 5.06. The van der Waals surface area contributed by atoms with Crippen LogP contribution >= 0.6 is 0 Å². The standard InChI is InChI=1S/C12H20O/c1-4-12(3)8-5-6-10(2)11(12)7-9-13/h4,11,13H,1-2,5-9H2,3H3/t11-,12-/m1/s1. The molecule has 13 heavy (non-hydrogen) atoms. The first-order chi connectivity index (χ1) is 6.14. The van der Waals surface area contributed by atoms with Crippen molar-refractivity contribution in [3.63, 3.8) is 0 Å². The molecule has 1 fully saturated rings. The van der Waals surface area contributed by atoms with E-state index >= 15 is 0 Å². The molecule has 0 aliphatic heterocycles. The Morgan fingerprint density at radius 3 is 2.92 bits per heavy atom. The van der Waals surface area contributed by atoms with Crippen molar-refractivity contribution in [3.8, 4) is 0 Å². The van der Waals surface area contributed by atoms with Crippen molar-refractivity contribution in [2.24, 2.45) is 11.3 Å². The van der Waals surface area contributed by atoms with Crippen LogP contribution in [0.15, 0.2) is 24.8 Å². The molecule has 0 aromatic carbocycles. The number of hydrogen-bond donors (Lipinski definition) is 1. The SMILES string of the molecule is C=C[C@]1(C)CCCC(=C)[C@H]1CCO. The van der Waals surface area contributed by atoms with E-state index < -0.39 is 0 Å². The summed E-state index contributed by atoms with van der Waals surface area (Å²) in [6.45, 7) is 10.5. The Balaban J connectivity index is 2.79. The van der Waals surface area contributed by atoms with Gasteiger partial charge in [-0.1, -0.05) is 25.2 Å². The van der Waals surface area contributed by atoms with E-state index in [0.717, 1.165) is 12.8 Å². The Labute approximate surface area is 81.2 Å². The lowest BCUT2D eigenvalue weighted by Gasteiger charge is -2.40. The van der Waals surface area contributed by atoms with E-state index in [0.29, 0.717) is 5.92 Å². The molecule has 1 N–H and O–H groups in total. The van der Waals surface area contributed by atoms with Crippen molar-refractivity contribution in [1.29, 1.82) is 0 Å². The van der Waals surface area contributed by atoms with Gasteiger partial charge < -0.3 is 5.11 Å². The highest BCUT2D eigenvalue weighted by molar-refractivity contribution is 5.14. The number of allylic oxidation sites excluding steroid dienone is 2. The van der Waals surface area contributed by atoms with Crippen molar-refractivity contribution in [2.45, 2.75) is 32.6 Å². The second-order valence-corrected chi connectivity index (χ2v) is 4.29. The molecule has 0 aromatic heterocycles. The van der Waals surface area contributed by atoms with Crippen LogP contribution in [0.5, 0.6) is 0 Å². The number of aliphatic hydroxyl groups is 1. The van der Waals surface area contributed by atoms with Crippen LogP contribution in [0.2, 0.25) is 0 Å². The van der Waals surface area contributed by atoms with Gasteiger partial charge in [-0.05, 0) is 37.0 Å². The fourth-order valence-corrected chi connectivity index (χ4v) is 2.42. The van der Waals surface area contributed by atoms with Gasteiger partial charge in [0.2, 0.25) is 0 Å². The molecule has 1 saturated carbocycles. The van der Waals surface area contributed by atoms with E-state index in [-0.39, 0.29) is 12.0 Å². The zero-order valence-electron chi connectivity index (χ0n) is 8.55. The quantitative estimate of drug-likeness (QED) is 0.662. The summed E-state index contributed by atoms with van der Waals surface area (Å²) in [6, 6.07) is 0. The van der Waals surface area contributed by atoms with Gasteiger partial charge in [-0.3, -0.25) is 0 Å². The van der Waals surface area contributed by atoms with Crippen LogP contribution < -0.4 is 0 Å². The maximum atomic E-state index is 8.99. The zero-order valence-corrected chi connectivity index (χ0v) is 8.55. The minimum atomic E-state index is 0.165. The summed E-state index contributed by atoms with van der Waals surface area (Å²) in [5, 5.41) is 8.99. The van der Waals surface area contributed by atoms with Gasteiger partial charge in [0.15, 0.2) is 0 Å². The van der Waals surface area contributed by atoms with Crippen molar-refractivity contribution < 1.29 is 5.11 Å². The van der Waals surface area contributed by atoms with Crippen LogP contribution in [0.1, 0.15) is 32.6 Å². The van der Waals surface area contributed by atoms with Crippen LogP contribution in [0.3, 0.4) is 0 Å². The van der Waals surface area contributed by atoms with Crippen LogP contribution in [-0.4, -0.2) is 11.7 Å². The van der Waals surface area contributed by atoms with Gasteiger partial charge in [-0.25, -0.2) is 0 Å². The molecular weight excluding hydrogens is 160 g/mol. The average Bonchev–Trinajstić information content (AvgIpc) is 2.12. The Morgan fingerprint density at radius 1 is 1.69 bits per heavy atom. The van der Waals surface area contributed by atoms with Gasteiger partial charge in [0.05, 0.1) is 0 Å². The van der Waals surface area contributed by atoms with Crippen LogP contribution in [0.25, 0.3) is 0 Å². The molecule has 1 aliphatic rings.